The first kappa shape index (κ1) is 27.4. The van der Waals surface area contributed by atoms with Crippen LogP contribution in [-0.2, 0) is 18.3 Å². The lowest BCUT2D eigenvalue weighted by atomic mass is 9.67. The predicted octanol–water partition coefficient (Wildman–Crippen LogP) is 3.51. The third kappa shape index (κ3) is 8.13. The van der Waals surface area contributed by atoms with Gasteiger partial charge in [0.25, 0.3) is 0 Å². The van der Waals surface area contributed by atoms with Crippen LogP contribution >= 0.6 is 24.0 Å². The van der Waals surface area contributed by atoms with Crippen molar-refractivity contribution in [1.82, 2.24) is 25.4 Å². The Hall–Kier alpha value is -1.88. The van der Waals surface area contributed by atoms with E-state index in [9.17, 15) is 0 Å². The minimum Gasteiger partial charge on any atom is -0.385 e. The molecule has 1 fully saturated rings. The summed E-state index contributed by atoms with van der Waals surface area (Å²) < 4.78 is 7.33. The van der Waals surface area contributed by atoms with Gasteiger partial charge in [0.1, 0.15) is 12.4 Å². The van der Waals surface area contributed by atoms with Gasteiger partial charge in [-0.25, -0.2) is 4.99 Å². The normalized spacial score (nSPS) is 14.8. The van der Waals surface area contributed by atoms with Gasteiger partial charge in [-0.3, -0.25) is 0 Å². The molecule has 1 aliphatic rings. The van der Waals surface area contributed by atoms with Crippen molar-refractivity contribution in [3.05, 3.63) is 42.0 Å². The molecule has 0 aliphatic heterocycles. The molecule has 0 saturated heterocycles. The number of nitrogens with one attached hydrogen (secondary N) is 2. The van der Waals surface area contributed by atoms with Crippen molar-refractivity contribution in [2.24, 2.45) is 17.5 Å². The molecule has 3 rings (SSSR count). The molecule has 2 aromatic rings. The summed E-state index contributed by atoms with van der Waals surface area (Å²) in [5.74, 6) is 2.61. The van der Waals surface area contributed by atoms with E-state index in [2.05, 4.69) is 57.0 Å². The molecule has 2 N–H and O–H groups in total. The first-order valence-electron chi connectivity index (χ1n) is 11.7. The number of rotatable bonds is 12. The summed E-state index contributed by atoms with van der Waals surface area (Å²) in [6, 6.07) is 10.5. The van der Waals surface area contributed by atoms with Crippen LogP contribution in [0.15, 0.2) is 35.3 Å². The molecule has 184 valence electrons. The van der Waals surface area contributed by atoms with E-state index in [4.69, 9.17) is 9.73 Å². The molecular weight excluding hydrogens is 529 g/mol. The van der Waals surface area contributed by atoms with E-state index in [1.807, 2.05) is 24.6 Å². The maximum Gasteiger partial charge on any atom is 0.191 e. The minimum absolute atomic E-state index is 0. The minimum atomic E-state index is 0. The Bertz CT molecular complexity index is 852. The number of hydrogen-bond acceptors (Lipinski definition) is 5. The van der Waals surface area contributed by atoms with Crippen LogP contribution in [0.4, 0.5) is 5.69 Å². The predicted molar refractivity (Wildman–Crippen MR) is 145 cm³/mol. The Morgan fingerprint density at radius 2 is 1.97 bits per heavy atom. The van der Waals surface area contributed by atoms with E-state index in [0.717, 1.165) is 56.7 Å². The summed E-state index contributed by atoms with van der Waals surface area (Å²) in [4.78, 5) is 7.09. The van der Waals surface area contributed by atoms with Gasteiger partial charge in [-0.05, 0) is 50.2 Å². The molecule has 0 radical (unpaired) electrons. The Morgan fingerprint density at radius 3 is 2.58 bits per heavy atom. The lowest BCUT2D eigenvalue weighted by Crippen LogP contribution is -2.47. The molecule has 1 heterocycles. The number of benzene rings is 1. The van der Waals surface area contributed by atoms with Gasteiger partial charge in [-0.2, -0.15) is 0 Å². The van der Waals surface area contributed by atoms with Gasteiger partial charge in [0, 0.05) is 53.1 Å². The lowest BCUT2D eigenvalue weighted by Gasteiger charge is -2.42. The number of aromatic nitrogens is 3. The zero-order valence-electron chi connectivity index (χ0n) is 20.5. The van der Waals surface area contributed by atoms with E-state index >= 15 is 0 Å². The van der Waals surface area contributed by atoms with Crippen molar-refractivity contribution in [3.8, 4) is 0 Å². The van der Waals surface area contributed by atoms with Crippen LogP contribution in [0.3, 0.4) is 0 Å². The number of nitrogens with zero attached hydrogens (tertiary/aromatic N) is 5. The van der Waals surface area contributed by atoms with Gasteiger partial charge in [0.05, 0.1) is 0 Å². The molecule has 1 aliphatic carbocycles. The van der Waals surface area contributed by atoms with Gasteiger partial charge in [0.15, 0.2) is 11.8 Å². The topological polar surface area (TPSA) is 79.6 Å². The van der Waals surface area contributed by atoms with Crippen LogP contribution in [0.25, 0.3) is 0 Å². The molecular formula is C24H40IN7O. The summed E-state index contributed by atoms with van der Waals surface area (Å²) in [5, 5.41) is 15.5. The van der Waals surface area contributed by atoms with Gasteiger partial charge < -0.3 is 24.8 Å². The number of hydrogen-bond donors (Lipinski definition) is 2. The monoisotopic (exact) mass is 569 g/mol. The average molecular weight is 570 g/mol. The Balaban J connectivity index is 0.00000385. The van der Waals surface area contributed by atoms with Crippen molar-refractivity contribution >= 4 is 35.6 Å². The quantitative estimate of drug-likeness (QED) is 0.176. The highest BCUT2D eigenvalue weighted by atomic mass is 127. The number of methoxy groups -OCH3 is 1. The third-order valence-electron chi connectivity index (χ3n) is 6.60. The van der Waals surface area contributed by atoms with Crippen LogP contribution < -0.4 is 15.5 Å². The highest BCUT2D eigenvalue weighted by molar-refractivity contribution is 14.0. The summed E-state index contributed by atoms with van der Waals surface area (Å²) in [6.07, 6.45) is 5.91. The fourth-order valence-electron chi connectivity index (χ4n) is 4.03. The number of guanidine groups is 1. The molecule has 9 heteroatoms. The highest BCUT2D eigenvalue weighted by Crippen LogP contribution is 2.43. The zero-order chi connectivity index (χ0) is 22.8. The van der Waals surface area contributed by atoms with Crippen molar-refractivity contribution in [1.29, 1.82) is 0 Å². The second-order valence-electron chi connectivity index (χ2n) is 8.87. The molecule has 1 aromatic carbocycles. The largest absolute Gasteiger partial charge is 0.385 e. The molecule has 0 bridgehead atoms. The second kappa shape index (κ2) is 13.7. The lowest BCUT2D eigenvalue weighted by molar-refractivity contribution is 0.0732. The van der Waals surface area contributed by atoms with Crippen molar-refractivity contribution < 1.29 is 4.74 Å². The Morgan fingerprint density at radius 1 is 1.21 bits per heavy atom. The number of ether oxygens (including phenoxy) is 1. The smallest absolute Gasteiger partial charge is 0.191 e. The molecule has 0 atom stereocenters. The van der Waals surface area contributed by atoms with Crippen LogP contribution in [-0.4, -0.2) is 61.1 Å². The van der Waals surface area contributed by atoms with E-state index in [0.29, 0.717) is 12.0 Å². The number of anilines is 1. The molecule has 1 saturated carbocycles. The summed E-state index contributed by atoms with van der Waals surface area (Å²) in [6.45, 7) is 6.02. The zero-order valence-corrected chi connectivity index (χ0v) is 22.8. The first-order valence-corrected chi connectivity index (χ1v) is 11.7. The van der Waals surface area contributed by atoms with Crippen LogP contribution in [0, 0.1) is 12.3 Å². The van der Waals surface area contributed by atoms with E-state index in [1.54, 1.807) is 7.11 Å². The van der Waals surface area contributed by atoms with Crippen LogP contribution in [0.5, 0.6) is 0 Å². The highest BCUT2D eigenvalue weighted by Gasteiger charge is 2.36. The molecule has 0 unspecified atom stereocenters. The van der Waals surface area contributed by atoms with Gasteiger partial charge in [0.2, 0.25) is 0 Å². The van der Waals surface area contributed by atoms with E-state index in [1.165, 1.54) is 24.9 Å². The molecule has 8 nitrogen and oxygen atoms in total. The van der Waals surface area contributed by atoms with Crippen molar-refractivity contribution in [2.75, 3.05) is 45.3 Å². The number of aliphatic imine (C=N–C) groups is 1. The van der Waals surface area contributed by atoms with Crippen molar-refractivity contribution in [2.45, 2.75) is 45.6 Å². The SMILES string of the molecule is COCCC1(CNC(=NCc2nnc(C)n2C)NCCCN(C)c2ccccc2)CCC1.I. The molecule has 0 spiro atoms. The molecule has 0 amide bonds. The average Bonchev–Trinajstić information content (AvgIpc) is 3.11. The number of aryl methyl sites for hydroxylation is 1. The standard InChI is InChI=1S/C24H39N7O.HI/c1-20-28-29-22(31(20)3)18-26-23(27-19-24(12-8-13-24)14-17-32-4)25-15-9-16-30(2)21-10-6-5-7-11-21;/h5-7,10-11H,8-9,12-19H2,1-4H3,(H2,25,26,27);1H. The number of halogens is 1. The third-order valence-corrected chi connectivity index (χ3v) is 6.60. The van der Waals surface area contributed by atoms with E-state index < -0.39 is 0 Å². The van der Waals surface area contributed by atoms with Crippen LogP contribution in [0.2, 0.25) is 0 Å². The van der Waals surface area contributed by atoms with E-state index in [-0.39, 0.29) is 24.0 Å². The number of para-hydroxylation sites is 1. The van der Waals surface area contributed by atoms with Crippen LogP contribution in [0.1, 0.15) is 43.8 Å². The summed E-state index contributed by atoms with van der Waals surface area (Å²) in [7, 11) is 5.90. The first-order chi connectivity index (χ1) is 15.5. The fourth-order valence-corrected chi connectivity index (χ4v) is 4.03. The fraction of sp³-hybridized carbons (Fsp3) is 0.625. The van der Waals surface area contributed by atoms with Gasteiger partial charge in [-0.15, -0.1) is 34.2 Å². The van der Waals surface area contributed by atoms with Crippen molar-refractivity contribution in [3.63, 3.8) is 0 Å². The van der Waals surface area contributed by atoms with Gasteiger partial charge in [-0.1, -0.05) is 24.6 Å². The summed E-state index contributed by atoms with van der Waals surface area (Å²) in [5.41, 5.74) is 1.56. The van der Waals surface area contributed by atoms with Gasteiger partial charge >= 0.3 is 0 Å². The molecule has 1 aromatic heterocycles. The maximum atomic E-state index is 5.34. The Kier molecular flexibility index (Phi) is 11.4. The summed E-state index contributed by atoms with van der Waals surface area (Å²) >= 11 is 0. The molecule has 33 heavy (non-hydrogen) atoms. The maximum absolute atomic E-state index is 5.34. The second-order valence-corrected chi connectivity index (χ2v) is 8.87. The Labute approximate surface area is 215 Å².